The molecule has 0 aromatic carbocycles. The summed E-state index contributed by atoms with van der Waals surface area (Å²) < 4.78 is 0. The largest absolute Gasteiger partial charge is 0.352 e. The molecule has 0 radical (unpaired) electrons. The second kappa shape index (κ2) is 5.53. The first-order valence-corrected chi connectivity index (χ1v) is 6.70. The van der Waals surface area contributed by atoms with Gasteiger partial charge in [-0.25, -0.2) is 0 Å². The van der Waals surface area contributed by atoms with Crippen LogP contribution in [0.5, 0.6) is 0 Å². The van der Waals surface area contributed by atoms with Crippen LogP contribution < -0.4 is 5.32 Å². The lowest BCUT2D eigenvalue weighted by Gasteiger charge is -2.25. The van der Waals surface area contributed by atoms with Gasteiger partial charge < -0.3 is 5.32 Å². The number of carbonyl (C=O) groups is 1. The Bertz CT molecular complexity index is 321. The van der Waals surface area contributed by atoms with E-state index in [-0.39, 0.29) is 11.9 Å². The third kappa shape index (κ3) is 2.80. The molecule has 1 fully saturated rings. The number of nitrogens with one attached hydrogen (secondary N) is 1. The molecule has 96 valence electrons. The second-order valence-electron chi connectivity index (χ2n) is 5.48. The summed E-state index contributed by atoms with van der Waals surface area (Å²) in [5.41, 5.74) is -0.871. The van der Waals surface area contributed by atoms with Crippen molar-refractivity contribution in [1.82, 2.24) is 5.32 Å². The predicted octanol–water partition coefficient (Wildman–Crippen LogP) is 2.87. The average molecular weight is 236 g/mol. The molecule has 1 amide bonds. The summed E-state index contributed by atoms with van der Waals surface area (Å²) in [6.45, 7) is 8.02. The number of amides is 1. The van der Waals surface area contributed by atoms with Gasteiger partial charge in [-0.2, -0.15) is 5.26 Å². The van der Waals surface area contributed by atoms with Crippen molar-refractivity contribution < 1.29 is 4.79 Å². The fourth-order valence-electron chi connectivity index (χ4n) is 2.65. The summed E-state index contributed by atoms with van der Waals surface area (Å²) in [7, 11) is 0. The van der Waals surface area contributed by atoms with E-state index >= 15 is 0 Å². The summed E-state index contributed by atoms with van der Waals surface area (Å²) in [5.74, 6) is 1.15. The fourth-order valence-corrected chi connectivity index (χ4v) is 2.65. The van der Waals surface area contributed by atoms with Gasteiger partial charge in [0, 0.05) is 6.04 Å². The smallest absolute Gasteiger partial charge is 0.240 e. The Morgan fingerprint density at radius 2 is 2.12 bits per heavy atom. The first-order chi connectivity index (χ1) is 7.98. The molecular weight excluding hydrogens is 212 g/mol. The second-order valence-corrected chi connectivity index (χ2v) is 5.48. The molecule has 0 bridgehead atoms. The van der Waals surface area contributed by atoms with E-state index in [0.29, 0.717) is 12.3 Å². The molecule has 4 atom stereocenters. The molecule has 0 spiro atoms. The highest BCUT2D eigenvalue weighted by Crippen LogP contribution is 2.34. The molecule has 17 heavy (non-hydrogen) atoms. The van der Waals surface area contributed by atoms with Crippen LogP contribution in [0, 0.1) is 28.6 Å². The van der Waals surface area contributed by atoms with E-state index in [1.807, 2.05) is 6.92 Å². The Labute approximate surface area is 105 Å². The molecule has 1 N–H and O–H groups in total. The molecule has 0 saturated heterocycles. The fraction of sp³-hybridized carbons (Fsp3) is 0.857. The highest BCUT2D eigenvalue weighted by Gasteiger charge is 2.37. The van der Waals surface area contributed by atoms with Crippen molar-refractivity contribution in [3.63, 3.8) is 0 Å². The van der Waals surface area contributed by atoms with Gasteiger partial charge in [-0.3, -0.25) is 4.79 Å². The van der Waals surface area contributed by atoms with Crippen molar-refractivity contribution in [3.05, 3.63) is 0 Å². The molecule has 1 aliphatic rings. The summed E-state index contributed by atoms with van der Waals surface area (Å²) in [6, 6.07) is 2.39. The Hall–Kier alpha value is -1.04. The van der Waals surface area contributed by atoms with E-state index in [0.717, 1.165) is 12.3 Å². The molecule has 0 aromatic heterocycles. The molecule has 3 heteroatoms. The Kier molecular flexibility index (Phi) is 4.56. The number of rotatable bonds is 4. The van der Waals surface area contributed by atoms with E-state index in [9.17, 15) is 4.79 Å². The van der Waals surface area contributed by atoms with Gasteiger partial charge in [0.25, 0.3) is 0 Å². The lowest BCUT2D eigenvalue weighted by Crippen LogP contribution is -2.44. The van der Waals surface area contributed by atoms with Crippen molar-refractivity contribution in [2.75, 3.05) is 0 Å². The van der Waals surface area contributed by atoms with Gasteiger partial charge in [0.1, 0.15) is 5.41 Å². The molecule has 1 rings (SSSR count). The molecule has 1 aliphatic carbocycles. The normalized spacial score (nSPS) is 31.6. The van der Waals surface area contributed by atoms with Gasteiger partial charge in [-0.1, -0.05) is 27.2 Å². The number of hydrogen-bond donors (Lipinski definition) is 1. The minimum absolute atomic E-state index is 0.101. The quantitative estimate of drug-likeness (QED) is 0.816. The zero-order valence-electron chi connectivity index (χ0n) is 11.4. The zero-order chi connectivity index (χ0) is 13.1. The van der Waals surface area contributed by atoms with Crippen molar-refractivity contribution in [2.24, 2.45) is 17.3 Å². The Balaban J connectivity index is 2.62. The maximum absolute atomic E-state index is 12.1. The molecule has 0 aromatic rings. The monoisotopic (exact) mass is 236 g/mol. The Morgan fingerprint density at radius 3 is 2.53 bits per heavy atom. The van der Waals surface area contributed by atoms with Crippen molar-refractivity contribution in [3.8, 4) is 6.07 Å². The van der Waals surface area contributed by atoms with Gasteiger partial charge in [0.05, 0.1) is 6.07 Å². The van der Waals surface area contributed by atoms with Crippen LogP contribution in [-0.4, -0.2) is 11.9 Å². The van der Waals surface area contributed by atoms with Crippen LogP contribution in [0.1, 0.15) is 53.4 Å². The minimum atomic E-state index is -0.871. The van der Waals surface area contributed by atoms with Gasteiger partial charge in [-0.05, 0) is 38.0 Å². The van der Waals surface area contributed by atoms with E-state index in [4.69, 9.17) is 5.26 Å². The number of carbonyl (C=O) groups excluding carboxylic acids is 1. The van der Waals surface area contributed by atoms with Gasteiger partial charge in [0.2, 0.25) is 5.91 Å². The van der Waals surface area contributed by atoms with Crippen molar-refractivity contribution in [2.45, 2.75) is 59.4 Å². The van der Waals surface area contributed by atoms with Crippen LogP contribution in [0.3, 0.4) is 0 Å². The SMILES string of the molecule is CCC1CCC(NC(=O)C(C)(C#N)CC)C1C. The van der Waals surface area contributed by atoms with Crippen LogP contribution in [-0.2, 0) is 4.79 Å². The molecule has 0 heterocycles. The van der Waals surface area contributed by atoms with Crippen LogP contribution in [0.15, 0.2) is 0 Å². The first-order valence-electron chi connectivity index (χ1n) is 6.70. The molecule has 3 nitrogen and oxygen atoms in total. The summed E-state index contributed by atoms with van der Waals surface area (Å²) >= 11 is 0. The van der Waals surface area contributed by atoms with Gasteiger partial charge >= 0.3 is 0 Å². The van der Waals surface area contributed by atoms with E-state index < -0.39 is 5.41 Å². The summed E-state index contributed by atoms with van der Waals surface area (Å²) in [6.07, 6.45) is 3.99. The highest BCUT2D eigenvalue weighted by atomic mass is 16.2. The maximum Gasteiger partial charge on any atom is 0.240 e. The van der Waals surface area contributed by atoms with Crippen LogP contribution >= 0.6 is 0 Å². The van der Waals surface area contributed by atoms with Crippen molar-refractivity contribution >= 4 is 5.91 Å². The minimum Gasteiger partial charge on any atom is -0.352 e. The van der Waals surface area contributed by atoms with Crippen molar-refractivity contribution in [1.29, 1.82) is 5.26 Å². The predicted molar refractivity (Wildman–Crippen MR) is 68.1 cm³/mol. The standard InChI is InChI=1S/C14H24N2O/c1-5-11-7-8-12(10(11)3)16-13(17)14(4,6-2)9-15/h10-12H,5-8H2,1-4H3,(H,16,17). The summed E-state index contributed by atoms with van der Waals surface area (Å²) in [4.78, 5) is 12.1. The van der Waals surface area contributed by atoms with Crippen LogP contribution in [0.4, 0.5) is 0 Å². The zero-order valence-corrected chi connectivity index (χ0v) is 11.4. The third-order valence-electron chi connectivity index (χ3n) is 4.52. The molecular formula is C14H24N2O. The maximum atomic E-state index is 12.1. The summed E-state index contributed by atoms with van der Waals surface area (Å²) in [5, 5.41) is 12.2. The highest BCUT2D eigenvalue weighted by molar-refractivity contribution is 5.85. The number of nitriles is 1. The van der Waals surface area contributed by atoms with Crippen LogP contribution in [0.25, 0.3) is 0 Å². The van der Waals surface area contributed by atoms with E-state index in [2.05, 4.69) is 25.2 Å². The topological polar surface area (TPSA) is 52.9 Å². The van der Waals surface area contributed by atoms with E-state index in [1.165, 1.54) is 12.8 Å². The van der Waals surface area contributed by atoms with Gasteiger partial charge in [-0.15, -0.1) is 0 Å². The molecule has 0 aliphatic heterocycles. The van der Waals surface area contributed by atoms with Gasteiger partial charge in [0.15, 0.2) is 0 Å². The third-order valence-corrected chi connectivity index (χ3v) is 4.52. The molecule has 4 unspecified atom stereocenters. The van der Waals surface area contributed by atoms with E-state index in [1.54, 1.807) is 6.92 Å². The number of hydrogen-bond acceptors (Lipinski definition) is 2. The lowest BCUT2D eigenvalue weighted by molar-refractivity contribution is -0.128. The number of nitrogens with zero attached hydrogens (tertiary/aromatic N) is 1. The Morgan fingerprint density at radius 1 is 1.47 bits per heavy atom. The average Bonchev–Trinajstić information content (AvgIpc) is 2.69. The first kappa shape index (κ1) is 14.0. The molecule has 1 saturated carbocycles. The van der Waals surface area contributed by atoms with Crippen LogP contribution in [0.2, 0.25) is 0 Å². The lowest BCUT2D eigenvalue weighted by atomic mass is 9.87.